The van der Waals surface area contributed by atoms with Gasteiger partial charge in [0, 0.05) is 32.0 Å². The van der Waals surface area contributed by atoms with Gasteiger partial charge in [0.15, 0.2) is 5.82 Å². The fraction of sp³-hybridized carbons (Fsp3) is 0.500. The quantitative estimate of drug-likeness (QED) is 0.813. The Morgan fingerprint density at radius 2 is 2.24 bits per heavy atom. The van der Waals surface area contributed by atoms with Gasteiger partial charge in [-0.25, -0.2) is 9.50 Å². The molecule has 0 spiro atoms. The lowest BCUT2D eigenvalue weighted by Gasteiger charge is -2.23. The highest BCUT2D eigenvalue weighted by atomic mass is 15.3. The minimum Gasteiger partial charge on any atom is -0.354 e. The van der Waals surface area contributed by atoms with E-state index < -0.39 is 0 Å². The zero-order chi connectivity index (χ0) is 12.1. The molecule has 2 aromatic rings. The summed E-state index contributed by atoms with van der Waals surface area (Å²) in [6, 6.07) is 2.00. The van der Waals surface area contributed by atoms with Crippen LogP contribution in [-0.4, -0.2) is 41.3 Å². The summed E-state index contributed by atoms with van der Waals surface area (Å²) in [7, 11) is 1.97. The van der Waals surface area contributed by atoms with Crippen LogP contribution < -0.4 is 10.2 Å². The molecule has 2 heterocycles. The molecule has 92 valence electrons. The third-order valence-electron chi connectivity index (χ3n) is 2.73. The number of aromatic nitrogens is 3. The molecular formula is C12H19N5. The van der Waals surface area contributed by atoms with Gasteiger partial charge < -0.3 is 10.2 Å². The predicted octanol–water partition coefficient (Wildman–Crippen LogP) is 1.17. The summed E-state index contributed by atoms with van der Waals surface area (Å²) in [5.74, 6) is 1.02. The summed E-state index contributed by atoms with van der Waals surface area (Å²) < 4.78 is 1.87. The molecule has 2 rings (SSSR count). The van der Waals surface area contributed by atoms with Crippen LogP contribution in [0.3, 0.4) is 0 Å². The van der Waals surface area contributed by atoms with Crippen molar-refractivity contribution in [2.24, 2.45) is 0 Å². The highest BCUT2D eigenvalue weighted by Gasteiger charge is 2.10. The topological polar surface area (TPSA) is 45.5 Å². The van der Waals surface area contributed by atoms with Gasteiger partial charge in [0.25, 0.3) is 0 Å². The van der Waals surface area contributed by atoms with E-state index in [2.05, 4.69) is 27.2 Å². The SMILES string of the molecule is CCCN(CCNC)c1nccn2nccc12. The fourth-order valence-corrected chi connectivity index (χ4v) is 1.93. The first-order chi connectivity index (χ1) is 8.36. The van der Waals surface area contributed by atoms with Crippen LogP contribution in [0.25, 0.3) is 5.52 Å². The zero-order valence-electron chi connectivity index (χ0n) is 10.4. The average Bonchev–Trinajstić information content (AvgIpc) is 2.82. The number of hydrogen-bond acceptors (Lipinski definition) is 4. The number of hydrogen-bond donors (Lipinski definition) is 1. The molecule has 0 aliphatic rings. The zero-order valence-corrected chi connectivity index (χ0v) is 10.4. The molecule has 1 N–H and O–H groups in total. The van der Waals surface area contributed by atoms with Crippen molar-refractivity contribution >= 4 is 11.3 Å². The molecule has 0 radical (unpaired) electrons. The lowest BCUT2D eigenvalue weighted by atomic mass is 10.3. The number of nitrogens with one attached hydrogen (secondary N) is 1. The van der Waals surface area contributed by atoms with Gasteiger partial charge in [-0.05, 0) is 19.5 Å². The van der Waals surface area contributed by atoms with E-state index in [0.29, 0.717) is 0 Å². The molecule has 0 aromatic carbocycles. The van der Waals surface area contributed by atoms with E-state index in [0.717, 1.165) is 37.4 Å². The van der Waals surface area contributed by atoms with Crippen LogP contribution in [0, 0.1) is 0 Å². The maximum Gasteiger partial charge on any atom is 0.154 e. The van der Waals surface area contributed by atoms with Crippen molar-refractivity contribution in [2.75, 3.05) is 31.6 Å². The fourth-order valence-electron chi connectivity index (χ4n) is 1.93. The molecule has 17 heavy (non-hydrogen) atoms. The number of rotatable bonds is 6. The van der Waals surface area contributed by atoms with Gasteiger partial charge in [-0.2, -0.15) is 5.10 Å². The molecular weight excluding hydrogens is 214 g/mol. The Labute approximate surface area is 101 Å². The Bertz CT molecular complexity index is 465. The van der Waals surface area contributed by atoms with Crippen molar-refractivity contribution < 1.29 is 0 Å². The van der Waals surface area contributed by atoms with Crippen LogP contribution in [0.15, 0.2) is 24.7 Å². The van der Waals surface area contributed by atoms with E-state index in [9.17, 15) is 0 Å². The van der Waals surface area contributed by atoms with E-state index in [1.807, 2.05) is 30.0 Å². The van der Waals surface area contributed by atoms with Crippen molar-refractivity contribution in [2.45, 2.75) is 13.3 Å². The maximum atomic E-state index is 4.49. The summed E-state index contributed by atoms with van der Waals surface area (Å²) in [6.45, 7) is 5.11. The summed E-state index contributed by atoms with van der Waals surface area (Å²) in [4.78, 5) is 6.79. The molecule has 5 nitrogen and oxygen atoms in total. The van der Waals surface area contributed by atoms with Gasteiger partial charge in [0.05, 0.1) is 6.20 Å². The second kappa shape index (κ2) is 5.63. The van der Waals surface area contributed by atoms with Crippen LogP contribution >= 0.6 is 0 Å². The van der Waals surface area contributed by atoms with Crippen LogP contribution in [-0.2, 0) is 0 Å². The van der Waals surface area contributed by atoms with E-state index in [4.69, 9.17) is 0 Å². The normalized spacial score (nSPS) is 10.9. The monoisotopic (exact) mass is 233 g/mol. The standard InChI is InChI=1S/C12H19N5/c1-3-8-16(9-6-13-2)12-11-4-5-15-17(11)10-7-14-12/h4-5,7,10,13H,3,6,8-9H2,1-2H3. The highest BCUT2D eigenvalue weighted by Crippen LogP contribution is 2.17. The summed E-state index contributed by atoms with van der Waals surface area (Å²) >= 11 is 0. The van der Waals surface area contributed by atoms with Crippen LogP contribution in [0.1, 0.15) is 13.3 Å². The highest BCUT2D eigenvalue weighted by molar-refractivity contribution is 5.68. The number of anilines is 1. The Morgan fingerprint density at radius 1 is 1.35 bits per heavy atom. The first-order valence-electron chi connectivity index (χ1n) is 6.04. The smallest absolute Gasteiger partial charge is 0.154 e. The molecule has 0 aliphatic carbocycles. The van der Waals surface area contributed by atoms with Crippen molar-refractivity contribution in [3.05, 3.63) is 24.7 Å². The molecule has 0 unspecified atom stereocenters. The Kier molecular flexibility index (Phi) is 3.93. The van der Waals surface area contributed by atoms with Gasteiger partial charge in [-0.3, -0.25) is 0 Å². The number of fused-ring (bicyclic) bond motifs is 1. The molecule has 0 saturated heterocycles. The lowest BCUT2D eigenvalue weighted by molar-refractivity contribution is 0.702. The van der Waals surface area contributed by atoms with Gasteiger partial charge in [0.2, 0.25) is 0 Å². The first-order valence-corrected chi connectivity index (χ1v) is 6.04. The summed E-state index contributed by atoms with van der Waals surface area (Å²) in [5.41, 5.74) is 1.07. The minimum atomic E-state index is 0.955. The third-order valence-corrected chi connectivity index (χ3v) is 2.73. The maximum absolute atomic E-state index is 4.49. The Hall–Kier alpha value is -1.62. The molecule has 0 bridgehead atoms. The first kappa shape index (κ1) is 11.9. The largest absolute Gasteiger partial charge is 0.354 e. The summed E-state index contributed by atoms with van der Waals surface area (Å²) in [6.07, 6.45) is 6.60. The minimum absolute atomic E-state index is 0.955. The molecule has 0 atom stereocenters. The molecule has 5 heteroatoms. The summed E-state index contributed by atoms with van der Waals surface area (Å²) in [5, 5.41) is 7.41. The number of nitrogens with zero attached hydrogens (tertiary/aromatic N) is 4. The molecule has 0 aliphatic heterocycles. The van der Waals surface area contributed by atoms with E-state index >= 15 is 0 Å². The third kappa shape index (κ3) is 2.55. The predicted molar refractivity (Wildman–Crippen MR) is 69.4 cm³/mol. The van der Waals surface area contributed by atoms with Gasteiger partial charge in [-0.15, -0.1) is 0 Å². The van der Waals surface area contributed by atoms with E-state index in [1.165, 1.54) is 0 Å². The molecule has 0 amide bonds. The molecule has 0 saturated carbocycles. The van der Waals surface area contributed by atoms with Crippen molar-refractivity contribution in [1.29, 1.82) is 0 Å². The second-order valence-corrected chi connectivity index (χ2v) is 4.00. The average molecular weight is 233 g/mol. The van der Waals surface area contributed by atoms with Gasteiger partial charge >= 0.3 is 0 Å². The van der Waals surface area contributed by atoms with Crippen LogP contribution in [0.4, 0.5) is 5.82 Å². The molecule has 0 fully saturated rings. The van der Waals surface area contributed by atoms with Crippen molar-refractivity contribution in [3.63, 3.8) is 0 Å². The Morgan fingerprint density at radius 3 is 3.00 bits per heavy atom. The Balaban J connectivity index is 2.30. The van der Waals surface area contributed by atoms with E-state index in [1.54, 1.807) is 6.20 Å². The number of likely N-dealkylation sites (N-methyl/N-ethyl adjacent to an activating group) is 1. The van der Waals surface area contributed by atoms with Crippen molar-refractivity contribution in [1.82, 2.24) is 19.9 Å². The van der Waals surface area contributed by atoms with Gasteiger partial charge in [-0.1, -0.05) is 6.92 Å². The van der Waals surface area contributed by atoms with Gasteiger partial charge in [0.1, 0.15) is 5.52 Å². The van der Waals surface area contributed by atoms with Crippen molar-refractivity contribution in [3.8, 4) is 0 Å². The van der Waals surface area contributed by atoms with E-state index in [-0.39, 0.29) is 0 Å². The van der Waals surface area contributed by atoms with Crippen LogP contribution in [0.5, 0.6) is 0 Å². The lowest BCUT2D eigenvalue weighted by Crippen LogP contribution is -2.32. The van der Waals surface area contributed by atoms with Crippen LogP contribution in [0.2, 0.25) is 0 Å². The second-order valence-electron chi connectivity index (χ2n) is 4.00. The molecule has 2 aromatic heterocycles.